The Morgan fingerprint density at radius 2 is 1.95 bits per heavy atom. The lowest BCUT2D eigenvalue weighted by molar-refractivity contribution is -0.134. The SMILES string of the molecule is CC(C)[C@H](N)C(=O)N1CCC[C@@H]1CN(C)C(=O)OC(C)(C)C. The molecule has 0 saturated carbocycles. The fourth-order valence-electron chi connectivity index (χ4n) is 2.52. The standard InChI is InChI=1S/C16H31N3O3/c1-11(2)13(17)14(20)19-9-7-8-12(19)10-18(6)15(21)22-16(3,4)5/h11-13H,7-10,17H2,1-6H3/t12-,13+/m1/s1. The highest BCUT2D eigenvalue weighted by atomic mass is 16.6. The van der Waals surface area contributed by atoms with Crippen molar-refractivity contribution in [2.24, 2.45) is 11.7 Å². The van der Waals surface area contributed by atoms with Gasteiger partial charge in [-0.05, 0) is 39.5 Å². The van der Waals surface area contributed by atoms with Gasteiger partial charge in [-0.15, -0.1) is 0 Å². The second kappa shape index (κ2) is 7.31. The fraction of sp³-hybridized carbons (Fsp3) is 0.875. The highest BCUT2D eigenvalue weighted by Gasteiger charge is 2.34. The molecule has 6 nitrogen and oxygen atoms in total. The van der Waals surface area contributed by atoms with Crippen molar-refractivity contribution in [3.63, 3.8) is 0 Å². The third-order valence-electron chi connectivity index (χ3n) is 3.85. The molecule has 128 valence electrons. The summed E-state index contributed by atoms with van der Waals surface area (Å²) in [5.74, 6) is 0.0902. The Kier molecular flexibility index (Phi) is 6.23. The van der Waals surface area contributed by atoms with Gasteiger partial charge in [0.15, 0.2) is 0 Å². The third-order valence-corrected chi connectivity index (χ3v) is 3.85. The molecule has 6 heteroatoms. The summed E-state index contributed by atoms with van der Waals surface area (Å²) in [6.45, 7) is 10.6. The van der Waals surface area contributed by atoms with Crippen LogP contribution in [0.25, 0.3) is 0 Å². The van der Waals surface area contributed by atoms with Gasteiger partial charge in [-0.2, -0.15) is 0 Å². The smallest absolute Gasteiger partial charge is 0.410 e. The minimum Gasteiger partial charge on any atom is -0.444 e. The van der Waals surface area contributed by atoms with Crippen LogP contribution < -0.4 is 5.73 Å². The fourth-order valence-corrected chi connectivity index (χ4v) is 2.52. The van der Waals surface area contributed by atoms with Gasteiger partial charge < -0.3 is 20.3 Å². The zero-order valence-corrected chi connectivity index (χ0v) is 14.8. The van der Waals surface area contributed by atoms with E-state index in [4.69, 9.17) is 10.5 Å². The number of amides is 2. The molecule has 0 aromatic carbocycles. The molecular weight excluding hydrogens is 282 g/mol. The summed E-state index contributed by atoms with van der Waals surface area (Å²) in [6.07, 6.45) is 1.48. The van der Waals surface area contributed by atoms with E-state index in [1.54, 1.807) is 11.9 Å². The molecule has 2 atom stereocenters. The van der Waals surface area contributed by atoms with Crippen LogP contribution in [0.5, 0.6) is 0 Å². The molecule has 2 N–H and O–H groups in total. The Hall–Kier alpha value is -1.30. The van der Waals surface area contributed by atoms with Crippen LogP contribution in [0.1, 0.15) is 47.5 Å². The Morgan fingerprint density at radius 3 is 2.45 bits per heavy atom. The van der Waals surface area contributed by atoms with Gasteiger partial charge in [-0.25, -0.2) is 4.79 Å². The Labute approximate surface area is 134 Å². The van der Waals surface area contributed by atoms with Crippen molar-refractivity contribution in [1.82, 2.24) is 9.80 Å². The summed E-state index contributed by atoms with van der Waals surface area (Å²) < 4.78 is 5.35. The predicted molar refractivity (Wildman–Crippen MR) is 86.4 cm³/mol. The van der Waals surface area contributed by atoms with Crippen LogP contribution in [0, 0.1) is 5.92 Å². The molecule has 1 aliphatic rings. The molecule has 0 aromatic heterocycles. The van der Waals surface area contributed by atoms with Gasteiger partial charge in [0.25, 0.3) is 0 Å². The average molecular weight is 313 g/mol. The highest BCUT2D eigenvalue weighted by molar-refractivity contribution is 5.82. The highest BCUT2D eigenvalue weighted by Crippen LogP contribution is 2.21. The monoisotopic (exact) mass is 313 g/mol. The van der Waals surface area contributed by atoms with E-state index in [9.17, 15) is 9.59 Å². The van der Waals surface area contributed by atoms with Gasteiger partial charge in [0.05, 0.1) is 6.04 Å². The lowest BCUT2D eigenvalue weighted by atomic mass is 10.0. The molecule has 22 heavy (non-hydrogen) atoms. The number of nitrogens with two attached hydrogens (primary N) is 1. The summed E-state index contributed by atoms with van der Waals surface area (Å²) in [6, 6.07) is -0.456. The van der Waals surface area contributed by atoms with Crippen molar-refractivity contribution >= 4 is 12.0 Å². The van der Waals surface area contributed by atoms with Gasteiger partial charge >= 0.3 is 6.09 Å². The molecule has 1 heterocycles. The van der Waals surface area contributed by atoms with Crippen LogP contribution in [-0.2, 0) is 9.53 Å². The topological polar surface area (TPSA) is 75.9 Å². The van der Waals surface area contributed by atoms with Gasteiger partial charge in [0, 0.05) is 26.2 Å². The van der Waals surface area contributed by atoms with E-state index in [0.717, 1.165) is 12.8 Å². The molecule has 0 aromatic rings. The number of ether oxygens (including phenoxy) is 1. The number of carbonyl (C=O) groups is 2. The van der Waals surface area contributed by atoms with Crippen molar-refractivity contribution in [3.05, 3.63) is 0 Å². The molecule has 1 fully saturated rings. The van der Waals surface area contributed by atoms with Crippen LogP contribution in [0.15, 0.2) is 0 Å². The zero-order chi connectivity index (χ0) is 17.1. The van der Waals surface area contributed by atoms with Crippen molar-refractivity contribution in [2.75, 3.05) is 20.1 Å². The van der Waals surface area contributed by atoms with Crippen LogP contribution in [0.3, 0.4) is 0 Å². The molecule has 1 saturated heterocycles. The molecule has 0 radical (unpaired) electrons. The van der Waals surface area contributed by atoms with Crippen LogP contribution in [0.2, 0.25) is 0 Å². The van der Waals surface area contributed by atoms with Gasteiger partial charge in [0.1, 0.15) is 5.60 Å². The van der Waals surface area contributed by atoms with Crippen molar-refractivity contribution in [3.8, 4) is 0 Å². The molecule has 2 amide bonds. The van der Waals surface area contributed by atoms with Crippen molar-refractivity contribution in [1.29, 1.82) is 0 Å². The lowest BCUT2D eigenvalue weighted by Crippen LogP contribution is -2.51. The van der Waals surface area contributed by atoms with Crippen molar-refractivity contribution in [2.45, 2.75) is 65.1 Å². The first-order valence-electron chi connectivity index (χ1n) is 8.03. The maximum absolute atomic E-state index is 12.4. The first kappa shape index (κ1) is 18.7. The van der Waals surface area contributed by atoms with Crippen LogP contribution in [-0.4, -0.2) is 59.6 Å². The first-order valence-corrected chi connectivity index (χ1v) is 8.03. The first-order chi connectivity index (χ1) is 10.0. The summed E-state index contributed by atoms with van der Waals surface area (Å²) in [5.41, 5.74) is 5.46. The number of rotatable bonds is 4. The number of hydrogen-bond acceptors (Lipinski definition) is 4. The van der Waals surface area contributed by atoms with E-state index in [1.165, 1.54) is 0 Å². The zero-order valence-electron chi connectivity index (χ0n) is 14.8. The number of hydrogen-bond donors (Lipinski definition) is 1. The molecular formula is C16H31N3O3. The molecule has 0 unspecified atom stereocenters. The van der Waals surface area contributed by atoms with Crippen molar-refractivity contribution < 1.29 is 14.3 Å². The number of likely N-dealkylation sites (N-methyl/N-ethyl adjacent to an activating group) is 1. The third kappa shape index (κ3) is 5.16. The lowest BCUT2D eigenvalue weighted by Gasteiger charge is -2.32. The maximum atomic E-state index is 12.4. The molecule has 1 aliphatic heterocycles. The van der Waals surface area contributed by atoms with Crippen LogP contribution >= 0.6 is 0 Å². The summed E-state index contributed by atoms with van der Waals surface area (Å²) in [5, 5.41) is 0. The molecule has 1 rings (SSSR count). The number of nitrogens with zero attached hydrogens (tertiary/aromatic N) is 2. The van der Waals surface area contributed by atoms with E-state index < -0.39 is 11.6 Å². The minimum absolute atomic E-state index is 0.0184. The Morgan fingerprint density at radius 1 is 1.36 bits per heavy atom. The van der Waals surface area contributed by atoms with E-state index in [-0.39, 0.29) is 24.0 Å². The summed E-state index contributed by atoms with van der Waals surface area (Å²) in [7, 11) is 1.71. The van der Waals surface area contributed by atoms with Crippen LogP contribution in [0.4, 0.5) is 4.79 Å². The van der Waals surface area contributed by atoms with Gasteiger partial charge in [-0.1, -0.05) is 13.8 Å². The summed E-state index contributed by atoms with van der Waals surface area (Å²) in [4.78, 5) is 27.9. The maximum Gasteiger partial charge on any atom is 0.410 e. The van der Waals surface area contributed by atoms with Gasteiger partial charge in [0.2, 0.25) is 5.91 Å². The Bertz CT molecular complexity index is 404. The number of carbonyl (C=O) groups excluding carboxylic acids is 2. The Balaban J connectivity index is 2.64. The second-order valence-corrected chi connectivity index (χ2v) is 7.46. The predicted octanol–water partition coefficient (Wildman–Crippen LogP) is 1.83. The normalized spacial score (nSPS) is 20.2. The van der Waals surface area contributed by atoms with E-state index in [1.807, 2.05) is 39.5 Å². The summed E-state index contributed by atoms with van der Waals surface area (Å²) >= 11 is 0. The quantitative estimate of drug-likeness (QED) is 0.859. The second-order valence-electron chi connectivity index (χ2n) is 7.46. The minimum atomic E-state index is -0.517. The van der Waals surface area contributed by atoms with E-state index >= 15 is 0 Å². The largest absolute Gasteiger partial charge is 0.444 e. The average Bonchev–Trinajstić information content (AvgIpc) is 2.82. The van der Waals surface area contributed by atoms with E-state index in [2.05, 4.69) is 0 Å². The molecule has 0 spiro atoms. The van der Waals surface area contributed by atoms with Gasteiger partial charge in [-0.3, -0.25) is 4.79 Å². The number of likely N-dealkylation sites (tertiary alicyclic amines) is 1. The van der Waals surface area contributed by atoms with E-state index in [0.29, 0.717) is 13.1 Å². The molecule has 0 aliphatic carbocycles. The molecule has 0 bridgehead atoms.